The Kier molecular flexibility index (Phi) is 3.98. The van der Waals surface area contributed by atoms with Gasteiger partial charge in [-0.05, 0) is 31.0 Å². The highest BCUT2D eigenvalue weighted by Crippen LogP contribution is 2.39. The third-order valence-corrected chi connectivity index (χ3v) is 4.40. The van der Waals surface area contributed by atoms with Crippen LogP contribution in [-0.4, -0.2) is 26.5 Å². The van der Waals surface area contributed by atoms with Gasteiger partial charge in [-0.3, -0.25) is 4.79 Å². The molecule has 1 N–H and O–H groups in total. The van der Waals surface area contributed by atoms with Crippen molar-refractivity contribution in [2.24, 2.45) is 15.2 Å². The van der Waals surface area contributed by atoms with Crippen molar-refractivity contribution in [2.45, 2.75) is 26.8 Å². The minimum absolute atomic E-state index is 0.0874. The number of carbonyl (C=O) groups excluding carboxylic acids is 1. The maximum absolute atomic E-state index is 11.1. The van der Waals surface area contributed by atoms with E-state index in [2.05, 4.69) is 22.1 Å². The van der Waals surface area contributed by atoms with Crippen molar-refractivity contribution in [3.8, 4) is 5.88 Å². The standard InChI is InChI=1S/C15H16N4O2S/c1-3-9-5-6-11-10(7-9)13(14(21)19(11)4-2)17-18-15-16-12(20)8-22-15/h5-7,21H,3-4,8H2,1-2H3. The average molecular weight is 316 g/mol. The molecule has 0 saturated heterocycles. The Morgan fingerprint density at radius 2 is 2.18 bits per heavy atom. The van der Waals surface area contributed by atoms with Crippen LogP contribution >= 0.6 is 11.8 Å². The van der Waals surface area contributed by atoms with E-state index in [1.54, 1.807) is 4.57 Å². The smallest absolute Gasteiger partial charge is 0.258 e. The monoisotopic (exact) mass is 316 g/mol. The highest BCUT2D eigenvalue weighted by atomic mass is 32.2. The zero-order chi connectivity index (χ0) is 15.7. The summed E-state index contributed by atoms with van der Waals surface area (Å²) in [6.45, 7) is 4.68. The van der Waals surface area contributed by atoms with Gasteiger partial charge in [-0.1, -0.05) is 24.8 Å². The third-order valence-electron chi connectivity index (χ3n) is 3.58. The average Bonchev–Trinajstić information content (AvgIpc) is 3.05. The molecule has 0 atom stereocenters. The van der Waals surface area contributed by atoms with Crippen LogP contribution in [0.25, 0.3) is 10.9 Å². The SMILES string of the molecule is CCc1ccc2c(c1)c(N=NC1=NC(=O)CS1)c(O)n2CC. The first kappa shape index (κ1) is 14.8. The zero-order valence-corrected chi connectivity index (χ0v) is 13.2. The van der Waals surface area contributed by atoms with Crippen LogP contribution < -0.4 is 0 Å². The molecular formula is C15H16N4O2S. The van der Waals surface area contributed by atoms with Crippen molar-refractivity contribution in [1.29, 1.82) is 0 Å². The second-order valence-electron chi connectivity index (χ2n) is 4.90. The number of hydrogen-bond donors (Lipinski definition) is 1. The number of nitrogens with zero attached hydrogens (tertiary/aromatic N) is 4. The number of aromatic nitrogens is 1. The molecule has 3 rings (SSSR count). The Morgan fingerprint density at radius 1 is 1.36 bits per heavy atom. The molecule has 2 heterocycles. The number of azo groups is 1. The van der Waals surface area contributed by atoms with E-state index in [4.69, 9.17) is 0 Å². The molecule has 0 saturated carbocycles. The van der Waals surface area contributed by atoms with Crippen LogP contribution in [0.4, 0.5) is 5.69 Å². The molecule has 114 valence electrons. The summed E-state index contributed by atoms with van der Waals surface area (Å²) in [6.07, 6.45) is 0.904. The minimum Gasteiger partial charge on any atom is -0.493 e. The highest BCUT2D eigenvalue weighted by Gasteiger charge is 2.18. The fourth-order valence-electron chi connectivity index (χ4n) is 2.45. The topological polar surface area (TPSA) is 79.3 Å². The Morgan fingerprint density at radius 3 is 2.82 bits per heavy atom. The largest absolute Gasteiger partial charge is 0.493 e. The normalized spacial score (nSPS) is 15.2. The number of carbonyl (C=O) groups is 1. The molecule has 1 amide bonds. The van der Waals surface area contributed by atoms with Crippen LogP contribution in [0.1, 0.15) is 19.4 Å². The molecule has 0 spiro atoms. The number of amidine groups is 1. The minimum atomic E-state index is -0.201. The van der Waals surface area contributed by atoms with Crippen molar-refractivity contribution < 1.29 is 9.90 Å². The summed E-state index contributed by atoms with van der Waals surface area (Å²) in [4.78, 5) is 14.9. The molecule has 2 aromatic rings. The molecule has 1 aromatic carbocycles. The molecule has 7 heteroatoms. The lowest BCUT2D eigenvalue weighted by atomic mass is 10.1. The first-order chi connectivity index (χ1) is 10.6. The quantitative estimate of drug-likeness (QED) is 0.878. The number of aliphatic imine (C=N–C) groups is 1. The van der Waals surface area contributed by atoms with E-state index in [0.29, 0.717) is 23.2 Å². The van der Waals surface area contributed by atoms with Gasteiger partial charge >= 0.3 is 0 Å². The van der Waals surface area contributed by atoms with E-state index in [1.165, 1.54) is 17.3 Å². The van der Waals surface area contributed by atoms with E-state index in [0.717, 1.165) is 17.3 Å². The number of thioether (sulfide) groups is 1. The number of benzene rings is 1. The van der Waals surface area contributed by atoms with Gasteiger partial charge in [0.05, 0.1) is 11.3 Å². The molecule has 1 aromatic heterocycles. The Balaban J connectivity index is 2.11. The van der Waals surface area contributed by atoms with Gasteiger partial charge in [-0.15, -0.1) is 10.2 Å². The molecule has 0 aliphatic carbocycles. The van der Waals surface area contributed by atoms with E-state index in [1.807, 2.05) is 25.1 Å². The molecule has 1 aliphatic rings. The summed E-state index contributed by atoms with van der Waals surface area (Å²) in [7, 11) is 0. The van der Waals surface area contributed by atoms with E-state index in [9.17, 15) is 9.90 Å². The molecule has 0 fully saturated rings. The molecule has 1 aliphatic heterocycles. The maximum Gasteiger partial charge on any atom is 0.258 e. The van der Waals surface area contributed by atoms with Crippen LogP contribution in [-0.2, 0) is 17.8 Å². The van der Waals surface area contributed by atoms with Crippen molar-refractivity contribution >= 4 is 39.4 Å². The summed E-state index contributed by atoms with van der Waals surface area (Å²) in [6, 6.07) is 6.05. The molecule has 0 radical (unpaired) electrons. The van der Waals surface area contributed by atoms with Gasteiger partial charge in [0.25, 0.3) is 5.91 Å². The predicted octanol–water partition coefficient (Wildman–Crippen LogP) is 3.64. The van der Waals surface area contributed by atoms with Crippen molar-refractivity contribution in [2.75, 3.05) is 5.75 Å². The van der Waals surface area contributed by atoms with E-state index in [-0.39, 0.29) is 11.8 Å². The molecule has 22 heavy (non-hydrogen) atoms. The number of aryl methyl sites for hydroxylation is 2. The highest BCUT2D eigenvalue weighted by molar-refractivity contribution is 8.14. The molecule has 0 bridgehead atoms. The number of aromatic hydroxyl groups is 1. The summed E-state index contributed by atoms with van der Waals surface area (Å²) >= 11 is 1.25. The van der Waals surface area contributed by atoms with Gasteiger partial charge < -0.3 is 9.67 Å². The Labute approximate surface area is 132 Å². The van der Waals surface area contributed by atoms with E-state index < -0.39 is 0 Å². The lowest BCUT2D eigenvalue weighted by Gasteiger charge is -2.02. The summed E-state index contributed by atoms with van der Waals surface area (Å²) in [5, 5.41) is 19.7. The Hall–Kier alpha value is -2.15. The number of amides is 1. The Bertz CT molecular complexity index is 807. The third kappa shape index (κ3) is 2.52. The first-order valence-corrected chi connectivity index (χ1v) is 8.12. The van der Waals surface area contributed by atoms with Crippen LogP contribution in [0.15, 0.2) is 33.4 Å². The fourth-order valence-corrected chi connectivity index (χ4v) is 3.03. The molecular weight excluding hydrogens is 300 g/mol. The van der Waals surface area contributed by atoms with Crippen molar-refractivity contribution in [3.05, 3.63) is 23.8 Å². The lowest BCUT2D eigenvalue weighted by Crippen LogP contribution is -1.92. The molecule has 6 nitrogen and oxygen atoms in total. The summed E-state index contributed by atoms with van der Waals surface area (Å²) in [5.74, 6) is 0.189. The number of hydrogen-bond acceptors (Lipinski definition) is 5. The second kappa shape index (κ2) is 5.92. The van der Waals surface area contributed by atoms with E-state index >= 15 is 0 Å². The first-order valence-electron chi connectivity index (χ1n) is 7.14. The van der Waals surface area contributed by atoms with Crippen LogP contribution in [0.3, 0.4) is 0 Å². The second-order valence-corrected chi connectivity index (χ2v) is 5.84. The van der Waals surface area contributed by atoms with Crippen LogP contribution in [0.5, 0.6) is 5.88 Å². The maximum atomic E-state index is 11.1. The van der Waals surface area contributed by atoms with Crippen LogP contribution in [0.2, 0.25) is 0 Å². The number of fused-ring (bicyclic) bond motifs is 1. The summed E-state index contributed by atoms with van der Waals surface area (Å²) < 4.78 is 1.79. The van der Waals surface area contributed by atoms with Gasteiger partial charge in [0, 0.05) is 11.9 Å². The lowest BCUT2D eigenvalue weighted by molar-refractivity contribution is -0.115. The zero-order valence-electron chi connectivity index (χ0n) is 12.4. The summed E-state index contributed by atoms with van der Waals surface area (Å²) in [5.41, 5.74) is 2.51. The van der Waals surface area contributed by atoms with Gasteiger partial charge in [-0.2, -0.15) is 4.99 Å². The van der Waals surface area contributed by atoms with Gasteiger partial charge in [-0.25, -0.2) is 0 Å². The predicted molar refractivity (Wildman–Crippen MR) is 88.1 cm³/mol. The van der Waals surface area contributed by atoms with Crippen LogP contribution in [0, 0.1) is 0 Å². The van der Waals surface area contributed by atoms with Gasteiger partial charge in [0.15, 0.2) is 5.69 Å². The van der Waals surface area contributed by atoms with Crippen molar-refractivity contribution in [3.63, 3.8) is 0 Å². The van der Waals surface area contributed by atoms with Crippen molar-refractivity contribution in [1.82, 2.24) is 4.57 Å². The van der Waals surface area contributed by atoms with Gasteiger partial charge in [0.1, 0.15) is 0 Å². The van der Waals surface area contributed by atoms with Gasteiger partial charge in [0.2, 0.25) is 11.0 Å². The number of rotatable bonds is 3. The fraction of sp³-hybridized carbons (Fsp3) is 0.333. The molecule has 0 unspecified atom stereocenters.